The molecule has 2 nitrogen and oxygen atoms in total. The smallest absolute Gasteiger partial charge is 0.220 e. The van der Waals surface area contributed by atoms with Crippen LogP contribution in [-0.2, 0) is 4.79 Å². The first kappa shape index (κ1) is 9.29. The number of piperidine rings is 1. The van der Waals surface area contributed by atoms with Crippen molar-refractivity contribution in [3.63, 3.8) is 0 Å². The van der Waals surface area contributed by atoms with Gasteiger partial charge in [-0.2, -0.15) is 0 Å². The van der Waals surface area contributed by atoms with Gasteiger partial charge in [-0.15, -0.1) is 0 Å². The number of carbonyl (C=O) groups excluding carboxylic acids is 1. The molecule has 0 saturated carbocycles. The van der Waals surface area contributed by atoms with E-state index in [1.165, 1.54) is 6.42 Å². The van der Waals surface area contributed by atoms with E-state index in [0.29, 0.717) is 4.05 Å². The van der Waals surface area contributed by atoms with E-state index in [2.05, 4.69) is 29.5 Å². The molecule has 0 aromatic heterocycles. The van der Waals surface area contributed by atoms with Crippen LogP contribution in [-0.4, -0.2) is 21.4 Å². The zero-order chi connectivity index (χ0) is 8.43. The molecule has 0 aromatic carbocycles. The Bertz CT molecular complexity index is 160. The number of hydrogen-bond donors (Lipinski definition) is 0. The first-order valence-electron chi connectivity index (χ1n) is 4.02. The summed E-state index contributed by atoms with van der Waals surface area (Å²) in [7, 11) is 0. The Labute approximate surface area is 81.5 Å². The fourth-order valence-corrected chi connectivity index (χ4v) is 2.97. The molecule has 0 radical (unpaired) electrons. The van der Waals surface area contributed by atoms with Gasteiger partial charge in [0.1, 0.15) is 0 Å². The van der Waals surface area contributed by atoms with Gasteiger partial charge in [0, 0.05) is 13.5 Å². The quantitative estimate of drug-likeness (QED) is 0.373. The average Bonchev–Trinajstić information content (AvgIpc) is 1.85. The molecule has 0 aliphatic carbocycles. The molecule has 1 aliphatic rings. The maximum absolute atomic E-state index is 11.0. The molecule has 1 aliphatic heterocycles. The summed E-state index contributed by atoms with van der Waals surface area (Å²) in [5, 5.41) is 0. The Morgan fingerprint density at radius 3 is 2.73 bits per heavy atom. The summed E-state index contributed by atoms with van der Waals surface area (Å²) < 4.78 is 0.425. The van der Waals surface area contributed by atoms with Crippen LogP contribution in [0.25, 0.3) is 0 Å². The maximum Gasteiger partial charge on any atom is 0.220 e. The Balaban J connectivity index is 2.50. The van der Waals surface area contributed by atoms with Crippen LogP contribution in [0, 0.1) is 5.92 Å². The zero-order valence-electron chi connectivity index (χ0n) is 7.01. The van der Waals surface area contributed by atoms with Crippen molar-refractivity contribution < 1.29 is 4.79 Å². The van der Waals surface area contributed by atoms with E-state index in [4.69, 9.17) is 0 Å². The number of hydrogen-bond acceptors (Lipinski definition) is 1. The SMILES string of the molecule is CC(=O)N1CCC(C)CC1I. The van der Waals surface area contributed by atoms with E-state index in [-0.39, 0.29) is 5.91 Å². The summed E-state index contributed by atoms with van der Waals surface area (Å²) in [6.45, 7) is 4.86. The van der Waals surface area contributed by atoms with E-state index in [1.54, 1.807) is 6.92 Å². The van der Waals surface area contributed by atoms with Crippen LogP contribution in [0.2, 0.25) is 0 Å². The fourth-order valence-electron chi connectivity index (χ4n) is 1.43. The molecular weight excluding hydrogens is 253 g/mol. The summed E-state index contributed by atoms with van der Waals surface area (Å²) in [6.07, 6.45) is 2.32. The van der Waals surface area contributed by atoms with Gasteiger partial charge in [0.05, 0.1) is 4.05 Å². The minimum Gasteiger partial charge on any atom is -0.331 e. The molecule has 1 heterocycles. The predicted molar refractivity (Wildman–Crippen MR) is 53.6 cm³/mol. The minimum atomic E-state index is 0.219. The molecule has 2 atom stereocenters. The lowest BCUT2D eigenvalue weighted by Gasteiger charge is -2.34. The molecular formula is C8H14INO. The maximum atomic E-state index is 11.0. The van der Waals surface area contributed by atoms with Crippen LogP contribution < -0.4 is 0 Å². The van der Waals surface area contributed by atoms with Gasteiger partial charge in [0.25, 0.3) is 0 Å². The summed E-state index contributed by atoms with van der Waals surface area (Å²) in [5.74, 6) is 1.00. The molecule has 64 valence electrons. The van der Waals surface area contributed by atoms with Crippen molar-refractivity contribution in [2.24, 2.45) is 5.92 Å². The number of halogens is 1. The number of likely N-dealkylation sites (tertiary alicyclic amines) is 1. The standard InChI is InChI=1S/C8H14INO/c1-6-3-4-10(7(2)11)8(9)5-6/h6,8H,3-5H2,1-2H3. The van der Waals surface area contributed by atoms with E-state index in [1.807, 2.05) is 4.90 Å². The molecule has 3 heteroatoms. The molecule has 2 unspecified atom stereocenters. The van der Waals surface area contributed by atoms with Gasteiger partial charge in [-0.05, 0) is 18.8 Å². The van der Waals surface area contributed by atoms with E-state index in [9.17, 15) is 4.79 Å². The molecule has 1 saturated heterocycles. The van der Waals surface area contributed by atoms with E-state index >= 15 is 0 Å². The number of carbonyl (C=O) groups is 1. The monoisotopic (exact) mass is 267 g/mol. The molecule has 1 amide bonds. The number of nitrogens with zero attached hydrogens (tertiary/aromatic N) is 1. The lowest BCUT2D eigenvalue weighted by Crippen LogP contribution is -2.41. The predicted octanol–water partition coefficient (Wildman–Crippen LogP) is 2.03. The summed E-state index contributed by atoms with van der Waals surface area (Å²) >= 11 is 2.35. The van der Waals surface area contributed by atoms with E-state index in [0.717, 1.165) is 18.9 Å². The van der Waals surface area contributed by atoms with Crippen molar-refractivity contribution in [2.45, 2.75) is 30.7 Å². The van der Waals surface area contributed by atoms with Crippen LogP contribution in [0.4, 0.5) is 0 Å². The number of alkyl halides is 1. The summed E-state index contributed by atoms with van der Waals surface area (Å²) in [6, 6.07) is 0. The average molecular weight is 267 g/mol. The van der Waals surface area contributed by atoms with Gasteiger partial charge >= 0.3 is 0 Å². The third kappa shape index (κ3) is 2.32. The lowest BCUT2D eigenvalue weighted by molar-refractivity contribution is -0.130. The fraction of sp³-hybridized carbons (Fsp3) is 0.875. The second kappa shape index (κ2) is 3.74. The van der Waals surface area contributed by atoms with Gasteiger partial charge in [0.2, 0.25) is 5.91 Å². The third-order valence-electron chi connectivity index (χ3n) is 2.20. The Kier molecular flexibility index (Phi) is 3.16. The first-order chi connectivity index (χ1) is 5.11. The normalized spacial score (nSPS) is 32.1. The molecule has 11 heavy (non-hydrogen) atoms. The number of rotatable bonds is 0. The Hall–Kier alpha value is 0.200. The highest BCUT2D eigenvalue weighted by atomic mass is 127. The number of amides is 1. The minimum absolute atomic E-state index is 0.219. The molecule has 0 aromatic rings. The van der Waals surface area contributed by atoms with Crippen molar-refractivity contribution in [2.75, 3.05) is 6.54 Å². The topological polar surface area (TPSA) is 20.3 Å². The van der Waals surface area contributed by atoms with Gasteiger partial charge in [0.15, 0.2) is 0 Å². The molecule has 0 N–H and O–H groups in total. The van der Waals surface area contributed by atoms with E-state index < -0.39 is 0 Å². The first-order valence-corrected chi connectivity index (χ1v) is 5.27. The molecule has 0 bridgehead atoms. The van der Waals surface area contributed by atoms with Crippen LogP contribution in [0.3, 0.4) is 0 Å². The second-order valence-electron chi connectivity index (χ2n) is 3.28. The largest absolute Gasteiger partial charge is 0.331 e. The third-order valence-corrected chi connectivity index (χ3v) is 3.38. The molecule has 1 fully saturated rings. The highest BCUT2D eigenvalue weighted by molar-refractivity contribution is 14.1. The van der Waals surface area contributed by atoms with Crippen LogP contribution in [0.15, 0.2) is 0 Å². The van der Waals surface area contributed by atoms with Gasteiger partial charge in [-0.1, -0.05) is 29.5 Å². The Morgan fingerprint density at radius 2 is 2.27 bits per heavy atom. The van der Waals surface area contributed by atoms with Crippen LogP contribution >= 0.6 is 22.6 Å². The molecule has 1 rings (SSSR count). The van der Waals surface area contributed by atoms with Crippen molar-refractivity contribution >= 4 is 28.5 Å². The van der Waals surface area contributed by atoms with Crippen LogP contribution in [0.1, 0.15) is 26.7 Å². The summed E-state index contributed by atoms with van der Waals surface area (Å²) in [5.41, 5.74) is 0. The van der Waals surface area contributed by atoms with Gasteiger partial charge in [-0.3, -0.25) is 4.79 Å². The van der Waals surface area contributed by atoms with Gasteiger partial charge in [-0.25, -0.2) is 0 Å². The highest BCUT2D eigenvalue weighted by Crippen LogP contribution is 2.26. The van der Waals surface area contributed by atoms with Crippen molar-refractivity contribution in [3.8, 4) is 0 Å². The lowest BCUT2D eigenvalue weighted by atomic mass is 9.99. The zero-order valence-corrected chi connectivity index (χ0v) is 9.17. The molecule has 0 spiro atoms. The van der Waals surface area contributed by atoms with Gasteiger partial charge < -0.3 is 4.90 Å². The van der Waals surface area contributed by atoms with Crippen molar-refractivity contribution in [3.05, 3.63) is 0 Å². The second-order valence-corrected chi connectivity index (χ2v) is 4.71. The highest BCUT2D eigenvalue weighted by Gasteiger charge is 2.25. The van der Waals surface area contributed by atoms with Crippen molar-refractivity contribution in [1.29, 1.82) is 0 Å². The van der Waals surface area contributed by atoms with Crippen molar-refractivity contribution in [1.82, 2.24) is 4.90 Å². The summed E-state index contributed by atoms with van der Waals surface area (Å²) in [4.78, 5) is 13.0. The Morgan fingerprint density at radius 1 is 1.64 bits per heavy atom. The van der Waals surface area contributed by atoms with Crippen LogP contribution in [0.5, 0.6) is 0 Å².